The zero-order valence-electron chi connectivity index (χ0n) is 12.0. The topological polar surface area (TPSA) is 37.4 Å². The fraction of sp³-hybridized carbons (Fsp3) is 0.571. The number of aryl methyl sites for hydroxylation is 1. The van der Waals surface area contributed by atoms with Crippen LogP contribution in [0.25, 0.3) is 0 Å². The Morgan fingerprint density at radius 3 is 2.47 bits per heavy atom. The molecular weight excluding hydrogens is 282 g/mol. The van der Waals surface area contributed by atoms with Gasteiger partial charge in [0, 0.05) is 19.5 Å². The molecule has 0 amide bonds. The van der Waals surface area contributed by atoms with E-state index in [0.29, 0.717) is 23.2 Å². The fourth-order valence-corrected chi connectivity index (χ4v) is 3.22. The standard InChI is InChI=1S/C14H22ClNO2S/c1-11(2)7-8-16(4)19(17,18)14-6-5-12(3)13(9-14)10-15/h5-6,9,11H,7-8,10H2,1-4H3. The van der Waals surface area contributed by atoms with Crippen molar-refractivity contribution in [2.24, 2.45) is 5.92 Å². The largest absolute Gasteiger partial charge is 0.242 e. The molecule has 108 valence electrons. The number of nitrogens with zero attached hydrogens (tertiary/aromatic N) is 1. The molecule has 0 aliphatic rings. The van der Waals surface area contributed by atoms with Crippen LogP contribution in [0.4, 0.5) is 0 Å². The SMILES string of the molecule is Cc1ccc(S(=O)(=O)N(C)CCC(C)C)cc1CCl. The molecule has 0 aliphatic heterocycles. The predicted octanol–water partition coefficient (Wildman–Crippen LogP) is 3.40. The van der Waals surface area contributed by atoms with Crippen molar-refractivity contribution in [3.05, 3.63) is 29.3 Å². The van der Waals surface area contributed by atoms with Crippen LogP contribution in [-0.4, -0.2) is 26.3 Å². The van der Waals surface area contributed by atoms with E-state index in [1.54, 1.807) is 25.2 Å². The number of hydrogen-bond donors (Lipinski definition) is 0. The van der Waals surface area contributed by atoms with Crippen LogP contribution >= 0.6 is 11.6 Å². The Balaban J connectivity index is 2.99. The lowest BCUT2D eigenvalue weighted by Crippen LogP contribution is -2.28. The van der Waals surface area contributed by atoms with E-state index in [-0.39, 0.29) is 0 Å². The van der Waals surface area contributed by atoms with Gasteiger partial charge in [-0.25, -0.2) is 12.7 Å². The molecule has 5 heteroatoms. The van der Waals surface area contributed by atoms with E-state index in [4.69, 9.17) is 11.6 Å². The third-order valence-electron chi connectivity index (χ3n) is 3.19. The van der Waals surface area contributed by atoms with Crippen molar-refractivity contribution >= 4 is 21.6 Å². The summed E-state index contributed by atoms with van der Waals surface area (Å²) in [5.41, 5.74) is 1.87. The molecule has 0 saturated heterocycles. The van der Waals surface area contributed by atoms with Gasteiger partial charge in [0.05, 0.1) is 4.90 Å². The number of rotatable bonds is 6. The van der Waals surface area contributed by atoms with Crippen molar-refractivity contribution in [2.45, 2.75) is 38.0 Å². The summed E-state index contributed by atoms with van der Waals surface area (Å²) >= 11 is 5.83. The van der Waals surface area contributed by atoms with Crippen molar-refractivity contribution in [1.29, 1.82) is 0 Å². The summed E-state index contributed by atoms with van der Waals surface area (Å²) in [5, 5.41) is 0. The third kappa shape index (κ3) is 4.20. The van der Waals surface area contributed by atoms with Gasteiger partial charge >= 0.3 is 0 Å². The van der Waals surface area contributed by atoms with Crippen LogP contribution in [0.1, 0.15) is 31.4 Å². The summed E-state index contributed by atoms with van der Waals surface area (Å²) in [5.74, 6) is 0.805. The average molecular weight is 304 g/mol. The molecule has 0 aromatic heterocycles. The molecule has 3 nitrogen and oxygen atoms in total. The van der Waals surface area contributed by atoms with Gasteiger partial charge in [0.15, 0.2) is 0 Å². The van der Waals surface area contributed by atoms with Gasteiger partial charge in [-0.1, -0.05) is 19.9 Å². The second kappa shape index (κ2) is 6.73. The highest BCUT2D eigenvalue weighted by Gasteiger charge is 2.21. The van der Waals surface area contributed by atoms with Crippen LogP contribution in [-0.2, 0) is 15.9 Å². The monoisotopic (exact) mass is 303 g/mol. The summed E-state index contributed by atoms with van der Waals surface area (Å²) in [4.78, 5) is 0.319. The Hall–Kier alpha value is -0.580. The Labute approximate surface area is 121 Å². The minimum absolute atomic E-state index is 0.319. The maximum Gasteiger partial charge on any atom is 0.242 e. The normalized spacial score (nSPS) is 12.4. The third-order valence-corrected chi connectivity index (χ3v) is 5.33. The highest BCUT2D eigenvalue weighted by molar-refractivity contribution is 7.89. The zero-order chi connectivity index (χ0) is 14.6. The Morgan fingerprint density at radius 1 is 1.32 bits per heavy atom. The molecule has 0 saturated carbocycles. The Bertz CT molecular complexity index is 526. The van der Waals surface area contributed by atoms with Crippen LogP contribution in [0.3, 0.4) is 0 Å². The molecule has 0 unspecified atom stereocenters. The van der Waals surface area contributed by atoms with Crippen LogP contribution in [0.5, 0.6) is 0 Å². The van der Waals surface area contributed by atoms with E-state index >= 15 is 0 Å². The molecule has 1 rings (SSSR count). The zero-order valence-corrected chi connectivity index (χ0v) is 13.6. The van der Waals surface area contributed by atoms with E-state index in [1.807, 2.05) is 6.92 Å². The summed E-state index contributed by atoms with van der Waals surface area (Å²) in [7, 11) is -1.79. The molecular formula is C14H22ClNO2S. The lowest BCUT2D eigenvalue weighted by molar-refractivity contribution is 0.428. The van der Waals surface area contributed by atoms with E-state index in [9.17, 15) is 8.42 Å². The molecule has 0 bridgehead atoms. The number of sulfonamides is 1. The minimum Gasteiger partial charge on any atom is -0.207 e. The Morgan fingerprint density at radius 2 is 1.95 bits per heavy atom. The van der Waals surface area contributed by atoms with E-state index in [0.717, 1.165) is 17.5 Å². The lowest BCUT2D eigenvalue weighted by Gasteiger charge is -2.19. The number of benzene rings is 1. The number of halogens is 1. The molecule has 0 N–H and O–H groups in total. The van der Waals surface area contributed by atoms with Gasteiger partial charge < -0.3 is 0 Å². The average Bonchev–Trinajstić information content (AvgIpc) is 2.35. The summed E-state index contributed by atoms with van der Waals surface area (Å²) in [6, 6.07) is 5.12. The maximum absolute atomic E-state index is 12.4. The van der Waals surface area contributed by atoms with Crippen molar-refractivity contribution in [1.82, 2.24) is 4.31 Å². The number of alkyl halides is 1. The van der Waals surface area contributed by atoms with E-state index < -0.39 is 10.0 Å². The van der Waals surface area contributed by atoms with Crippen LogP contribution in [0.2, 0.25) is 0 Å². The molecule has 0 atom stereocenters. The lowest BCUT2D eigenvalue weighted by atomic mass is 10.1. The van der Waals surface area contributed by atoms with Gasteiger partial charge in [-0.3, -0.25) is 0 Å². The summed E-state index contributed by atoms with van der Waals surface area (Å²) in [6.45, 7) is 6.62. The highest BCUT2D eigenvalue weighted by atomic mass is 35.5. The summed E-state index contributed by atoms with van der Waals surface area (Å²) in [6.07, 6.45) is 0.851. The number of hydrogen-bond acceptors (Lipinski definition) is 2. The van der Waals surface area contributed by atoms with E-state index in [1.165, 1.54) is 4.31 Å². The summed E-state index contributed by atoms with van der Waals surface area (Å²) < 4.78 is 26.2. The van der Waals surface area contributed by atoms with Crippen molar-refractivity contribution in [3.8, 4) is 0 Å². The Kier molecular flexibility index (Phi) is 5.83. The quantitative estimate of drug-likeness (QED) is 0.755. The molecule has 1 aromatic rings. The van der Waals surface area contributed by atoms with E-state index in [2.05, 4.69) is 13.8 Å². The predicted molar refractivity (Wildman–Crippen MR) is 80.0 cm³/mol. The second-order valence-corrected chi connectivity index (χ2v) is 7.54. The van der Waals surface area contributed by atoms with Crippen molar-refractivity contribution < 1.29 is 8.42 Å². The van der Waals surface area contributed by atoms with Gasteiger partial charge in [-0.15, -0.1) is 11.6 Å². The second-order valence-electron chi connectivity index (χ2n) is 5.23. The first-order valence-electron chi connectivity index (χ1n) is 6.41. The van der Waals surface area contributed by atoms with Gasteiger partial charge in [-0.05, 0) is 42.5 Å². The molecule has 0 fully saturated rings. The van der Waals surface area contributed by atoms with Gasteiger partial charge in [0.25, 0.3) is 0 Å². The fourth-order valence-electron chi connectivity index (χ4n) is 1.69. The highest BCUT2D eigenvalue weighted by Crippen LogP contribution is 2.20. The molecule has 0 radical (unpaired) electrons. The van der Waals surface area contributed by atoms with Crippen LogP contribution in [0, 0.1) is 12.8 Å². The molecule has 0 spiro atoms. The molecule has 0 aliphatic carbocycles. The van der Waals surface area contributed by atoms with Gasteiger partial charge in [0.2, 0.25) is 10.0 Å². The minimum atomic E-state index is -3.41. The first kappa shape index (κ1) is 16.5. The maximum atomic E-state index is 12.4. The first-order valence-corrected chi connectivity index (χ1v) is 8.38. The molecule has 0 heterocycles. The smallest absolute Gasteiger partial charge is 0.207 e. The van der Waals surface area contributed by atoms with Crippen LogP contribution in [0.15, 0.2) is 23.1 Å². The van der Waals surface area contributed by atoms with Gasteiger partial charge in [0.1, 0.15) is 0 Å². The molecule has 19 heavy (non-hydrogen) atoms. The molecule has 1 aromatic carbocycles. The van der Waals surface area contributed by atoms with Gasteiger partial charge in [-0.2, -0.15) is 0 Å². The first-order chi connectivity index (χ1) is 8.78. The van der Waals surface area contributed by atoms with Crippen molar-refractivity contribution in [2.75, 3.05) is 13.6 Å². The van der Waals surface area contributed by atoms with Crippen LogP contribution < -0.4 is 0 Å². The van der Waals surface area contributed by atoms with Crippen molar-refractivity contribution in [3.63, 3.8) is 0 Å².